The van der Waals surface area contributed by atoms with Crippen LogP contribution in [0.15, 0.2) is 42.7 Å². The second kappa shape index (κ2) is 4.47. The third-order valence-electron chi connectivity index (χ3n) is 2.96. The molecule has 3 N–H and O–H groups in total. The molecule has 18 heavy (non-hydrogen) atoms. The number of hydrogen-bond acceptors (Lipinski definition) is 4. The Hall–Kier alpha value is -2.38. The van der Waals surface area contributed by atoms with Crippen molar-refractivity contribution >= 4 is 5.69 Å². The lowest BCUT2D eigenvalue weighted by molar-refractivity contribution is 0.103. The first-order valence-corrected chi connectivity index (χ1v) is 5.48. The number of rotatable bonds is 2. The van der Waals surface area contributed by atoms with E-state index in [0.29, 0.717) is 22.4 Å². The van der Waals surface area contributed by atoms with E-state index in [9.17, 15) is 5.11 Å². The van der Waals surface area contributed by atoms with E-state index >= 15 is 0 Å². The van der Waals surface area contributed by atoms with Gasteiger partial charge in [0.15, 0.2) is 0 Å². The van der Waals surface area contributed by atoms with Gasteiger partial charge in [-0.25, -0.2) is 0 Å². The van der Waals surface area contributed by atoms with Crippen LogP contribution in [0.25, 0.3) is 0 Å². The van der Waals surface area contributed by atoms with Crippen LogP contribution in [-0.2, 0) is 5.60 Å². The van der Waals surface area contributed by atoms with Crippen LogP contribution in [0.4, 0.5) is 5.69 Å². The fraction of sp³-hybridized carbons (Fsp3) is 0.143. The summed E-state index contributed by atoms with van der Waals surface area (Å²) in [5.41, 5.74) is 6.87. The molecule has 0 spiro atoms. The Kier molecular flexibility index (Phi) is 3.00. The molecule has 1 atom stereocenters. The lowest BCUT2D eigenvalue weighted by Gasteiger charge is -2.25. The molecule has 0 saturated carbocycles. The van der Waals surface area contributed by atoms with E-state index in [-0.39, 0.29) is 0 Å². The lowest BCUT2D eigenvalue weighted by Crippen LogP contribution is -2.24. The summed E-state index contributed by atoms with van der Waals surface area (Å²) in [6.45, 7) is 1.65. The Balaban J connectivity index is 2.48. The van der Waals surface area contributed by atoms with E-state index in [1.165, 1.54) is 0 Å². The molecular weight excluding hydrogens is 226 g/mol. The van der Waals surface area contributed by atoms with Crippen molar-refractivity contribution in [3.05, 3.63) is 59.4 Å². The molecule has 1 aromatic heterocycles. The van der Waals surface area contributed by atoms with Gasteiger partial charge in [-0.3, -0.25) is 4.98 Å². The summed E-state index contributed by atoms with van der Waals surface area (Å²) in [7, 11) is 0. The van der Waals surface area contributed by atoms with Crippen LogP contribution in [0.3, 0.4) is 0 Å². The maximum Gasteiger partial charge on any atom is 0.115 e. The van der Waals surface area contributed by atoms with Crippen molar-refractivity contribution in [3.63, 3.8) is 0 Å². The van der Waals surface area contributed by atoms with Gasteiger partial charge in [-0.1, -0.05) is 12.1 Å². The maximum absolute atomic E-state index is 10.6. The number of aliphatic hydroxyl groups is 1. The van der Waals surface area contributed by atoms with E-state index in [0.717, 1.165) is 0 Å². The zero-order chi connectivity index (χ0) is 13.2. The summed E-state index contributed by atoms with van der Waals surface area (Å²) in [6.07, 6.45) is 3.13. The van der Waals surface area contributed by atoms with E-state index in [4.69, 9.17) is 11.0 Å². The predicted octanol–water partition coefficient (Wildman–Crippen LogP) is 1.79. The minimum Gasteiger partial charge on any atom is -0.398 e. The van der Waals surface area contributed by atoms with Gasteiger partial charge in [0, 0.05) is 23.6 Å². The monoisotopic (exact) mass is 239 g/mol. The van der Waals surface area contributed by atoms with Crippen LogP contribution in [0.2, 0.25) is 0 Å². The molecule has 4 nitrogen and oxygen atoms in total. The first-order valence-electron chi connectivity index (χ1n) is 5.48. The molecule has 0 bridgehead atoms. The van der Waals surface area contributed by atoms with Gasteiger partial charge in [0.25, 0.3) is 0 Å². The number of nitriles is 1. The highest BCUT2D eigenvalue weighted by molar-refractivity contribution is 5.51. The molecule has 0 aliphatic heterocycles. The number of benzene rings is 1. The molecule has 0 amide bonds. The Morgan fingerprint density at radius 1 is 1.28 bits per heavy atom. The zero-order valence-corrected chi connectivity index (χ0v) is 9.96. The number of nitrogens with zero attached hydrogens (tertiary/aromatic N) is 2. The SMILES string of the molecule is CC(O)(c1ccc(C#N)cc1)c1cnccc1N. The molecule has 0 fully saturated rings. The van der Waals surface area contributed by atoms with E-state index in [1.54, 1.807) is 49.6 Å². The molecule has 90 valence electrons. The summed E-state index contributed by atoms with van der Waals surface area (Å²) in [4.78, 5) is 3.98. The van der Waals surface area contributed by atoms with E-state index in [2.05, 4.69) is 4.98 Å². The first kappa shape index (κ1) is 12.1. The minimum atomic E-state index is -1.23. The molecule has 2 aromatic rings. The van der Waals surface area contributed by atoms with Crippen molar-refractivity contribution in [1.82, 2.24) is 4.98 Å². The highest BCUT2D eigenvalue weighted by atomic mass is 16.3. The number of aromatic nitrogens is 1. The number of nitrogen functional groups attached to an aromatic ring is 1. The zero-order valence-electron chi connectivity index (χ0n) is 9.96. The Morgan fingerprint density at radius 3 is 2.50 bits per heavy atom. The lowest BCUT2D eigenvalue weighted by atomic mass is 9.88. The van der Waals surface area contributed by atoms with Gasteiger partial charge in [-0.05, 0) is 30.7 Å². The van der Waals surface area contributed by atoms with Crippen LogP contribution < -0.4 is 5.73 Å². The van der Waals surface area contributed by atoms with Gasteiger partial charge in [-0.2, -0.15) is 5.26 Å². The van der Waals surface area contributed by atoms with E-state index < -0.39 is 5.60 Å². The van der Waals surface area contributed by atoms with Crippen molar-refractivity contribution in [1.29, 1.82) is 5.26 Å². The highest BCUT2D eigenvalue weighted by Gasteiger charge is 2.27. The summed E-state index contributed by atoms with van der Waals surface area (Å²) in [6, 6.07) is 10.4. The van der Waals surface area contributed by atoms with Gasteiger partial charge in [0.2, 0.25) is 0 Å². The van der Waals surface area contributed by atoms with Gasteiger partial charge >= 0.3 is 0 Å². The Bertz CT molecular complexity index is 597. The van der Waals surface area contributed by atoms with E-state index in [1.807, 2.05) is 6.07 Å². The third kappa shape index (κ3) is 2.04. The van der Waals surface area contributed by atoms with Crippen LogP contribution in [0, 0.1) is 11.3 Å². The van der Waals surface area contributed by atoms with Crippen LogP contribution in [0.5, 0.6) is 0 Å². The number of pyridine rings is 1. The fourth-order valence-electron chi connectivity index (χ4n) is 1.84. The van der Waals surface area contributed by atoms with Crippen LogP contribution >= 0.6 is 0 Å². The summed E-state index contributed by atoms with van der Waals surface area (Å²) < 4.78 is 0. The first-order chi connectivity index (χ1) is 8.55. The molecule has 1 aromatic carbocycles. The molecule has 2 rings (SSSR count). The smallest absolute Gasteiger partial charge is 0.115 e. The standard InChI is InChI=1S/C14H13N3O/c1-14(18,12-9-17-7-6-13(12)16)11-4-2-10(8-15)3-5-11/h2-7,9,18H,1H3,(H2,16,17). The molecule has 1 unspecified atom stereocenters. The van der Waals surface area contributed by atoms with Gasteiger partial charge in [0.05, 0.1) is 11.6 Å². The van der Waals surface area contributed by atoms with Crippen molar-refractivity contribution in [3.8, 4) is 6.07 Å². The second-order valence-electron chi connectivity index (χ2n) is 4.22. The fourth-order valence-corrected chi connectivity index (χ4v) is 1.84. The van der Waals surface area contributed by atoms with Crippen LogP contribution in [0.1, 0.15) is 23.6 Å². The van der Waals surface area contributed by atoms with Crippen molar-refractivity contribution in [2.75, 3.05) is 5.73 Å². The number of hydrogen-bond donors (Lipinski definition) is 2. The average molecular weight is 239 g/mol. The highest BCUT2D eigenvalue weighted by Crippen LogP contribution is 2.32. The van der Waals surface area contributed by atoms with Gasteiger partial charge < -0.3 is 10.8 Å². The third-order valence-corrected chi connectivity index (χ3v) is 2.96. The van der Waals surface area contributed by atoms with Crippen molar-refractivity contribution in [2.45, 2.75) is 12.5 Å². The largest absolute Gasteiger partial charge is 0.398 e. The van der Waals surface area contributed by atoms with Gasteiger partial charge in [-0.15, -0.1) is 0 Å². The summed E-state index contributed by atoms with van der Waals surface area (Å²) in [5, 5.41) is 19.3. The van der Waals surface area contributed by atoms with Crippen LogP contribution in [-0.4, -0.2) is 10.1 Å². The number of nitrogens with two attached hydrogens (primary N) is 1. The maximum atomic E-state index is 10.6. The molecule has 0 radical (unpaired) electrons. The van der Waals surface area contributed by atoms with Crippen molar-refractivity contribution < 1.29 is 5.11 Å². The molecule has 0 aliphatic rings. The molecule has 1 heterocycles. The van der Waals surface area contributed by atoms with Crippen molar-refractivity contribution in [2.24, 2.45) is 0 Å². The molecule has 0 saturated heterocycles. The normalized spacial score (nSPS) is 13.6. The molecular formula is C14H13N3O. The minimum absolute atomic E-state index is 0.486. The Labute approximate surface area is 105 Å². The van der Waals surface area contributed by atoms with Gasteiger partial charge in [0.1, 0.15) is 5.60 Å². The molecule has 0 aliphatic carbocycles. The predicted molar refractivity (Wildman–Crippen MR) is 68.5 cm³/mol. The molecule has 4 heteroatoms. The average Bonchev–Trinajstić information content (AvgIpc) is 2.39. The summed E-state index contributed by atoms with van der Waals surface area (Å²) in [5.74, 6) is 0. The topological polar surface area (TPSA) is 82.9 Å². The summed E-state index contributed by atoms with van der Waals surface area (Å²) >= 11 is 0. The quantitative estimate of drug-likeness (QED) is 0.837. The Morgan fingerprint density at radius 2 is 1.94 bits per heavy atom. The number of anilines is 1. The second-order valence-corrected chi connectivity index (χ2v) is 4.22.